The van der Waals surface area contributed by atoms with Crippen molar-refractivity contribution in [2.24, 2.45) is 0 Å². The summed E-state index contributed by atoms with van der Waals surface area (Å²) in [7, 11) is 0. The zero-order chi connectivity index (χ0) is 37.0. The van der Waals surface area contributed by atoms with E-state index < -0.39 is 0 Å². The first-order chi connectivity index (χ1) is 27.7. The summed E-state index contributed by atoms with van der Waals surface area (Å²) in [5, 5.41) is 10.3. The van der Waals surface area contributed by atoms with Crippen molar-refractivity contribution in [3.63, 3.8) is 0 Å². The predicted molar refractivity (Wildman–Crippen MR) is 243 cm³/mol. The predicted octanol–water partition coefficient (Wildman–Crippen LogP) is 16.0. The number of hydrogen-bond acceptors (Lipinski definition) is 2. The Morgan fingerprint density at radius 3 is 1.21 bits per heavy atom. The largest absolute Gasteiger partial charge is 0.310 e. The molecule has 0 aliphatic carbocycles. The fourth-order valence-corrected chi connectivity index (χ4v) is 9.57. The number of fused-ring (bicyclic) bond motifs is 9. The summed E-state index contributed by atoms with van der Waals surface area (Å²) in [5.41, 5.74) is 10.6. The zero-order valence-corrected chi connectivity index (χ0v) is 31.4. The van der Waals surface area contributed by atoms with E-state index in [1.807, 2.05) is 11.3 Å². The average Bonchev–Trinajstić information content (AvgIpc) is 3.65. The van der Waals surface area contributed by atoms with Crippen LogP contribution < -0.4 is 4.90 Å². The van der Waals surface area contributed by atoms with Gasteiger partial charge in [0.25, 0.3) is 0 Å². The van der Waals surface area contributed by atoms with E-state index in [1.165, 1.54) is 85.9 Å². The highest BCUT2D eigenvalue weighted by molar-refractivity contribution is 7.25. The molecule has 0 aliphatic heterocycles. The minimum absolute atomic E-state index is 1.11. The van der Waals surface area contributed by atoms with Gasteiger partial charge in [-0.1, -0.05) is 158 Å². The molecule has 1 nitrogen and oxygen atoms in total. The van der Waals surface area contributed by atoms with Gasteiger partial charge in [-0.25, -0.2) is 0 Å². The maximum Gasteiger partial charge on any atom is 0.0468 e. The van der Waals surface area contributed by atoms with Crippen molar-refractivity contribution in [2.75, 3.05) is 4.90 Å². The standard InChI is InChI=1S/C54H35NS/c1-2-10-36(11-3-1)37-18-20-38(21-19-37)39-22-27-42(28-23-39)55(44-31-32-49-47-14-5-4-12-45(47)46-13-6-7-15-48(46)51(49)35-44)43-29-24-40(25-30-43)41-26-33-54-52(34-41)50-16-8-9-17-53(50)56-54/h1-35H. The fourth-order valence-electron chi connectivity index (χ4n) is 8.48. The molecule has 0 spiro atoms. The Morgan fingerprint density at radius 2 is 0.625 bits per heavy atom. The van der Waals surface area contributed by atoms with Crippen molar-refractivity contribution < 1.29 is 0 Å². The Balaban J connectivity index is 1.02. The van der Waals surface area contributed by atoms with E-state index in [9.17, 15) is 0 Å². The van der Waals surface area contributed by atoms with Gasteiger partial charge in [0.05, 0.1) is 0 Å². The Kier molecular flexibility index (Phi) is 7.75. The summed E-state index contributed by atoms with van der Waals surface area (Å²) in [6, 6.07) is 77.7. The second kappa shape index (κ2) is 13.4. The Labute approximate surface area is 330 Å². The molecule has 262 valence electrons. The number of hydrogen-bond donors (Lipinski definition) is 0. The van der Waals surface area contributed by atoms with Crippen molar-refractivity contribution in [3.05, 3.63) is 212 Å². The molecule has 0 aliphatic rings. The fraction of sp³-hybridized carbons (Fsp3) is 0. The van der Waals surface area contributed by atoms with Gasteiger partial charge in [-0.15, -0.1) is 11.3 Å². The summed E-state index contributed by atoms with van der Waals surface area (Å²) in [5.74, 6) is 0. The monoisotopic (exact) mass is 729 g/mol. The molecule has 0 unspecified atom stereocenters. The minimum Gasteiger partial charge on any atom is -0.310 e. The third kappa shape index (κ3) is 5.54. The number of anilines is 3. The third-order valence-corrected chi connectivity index (χ3v) is 12.4. The molecule has 10 aromatic carbocycles. The highest BCUT2D eigenvalue weighted by atomic mass is 32.1. The molecule has 1 aromatic heterocycles. The van der Waals surface area contributed by atoms with Gasteiger partial charge in [0.2, 0.25) is 0 Å². The maximum atomic E-state index is 2.39. The minimum atomic E-state index is 1.11. The van der Waals surface area contributed by atoms with Crippen LogP contribution in [0.2, 0.25) is 0 Å². The Morgan fingerprint density at radius 1 is 0.232 bits per heavy atom. The molecule has 0 bridgehead atoms. The summed E-state index contributed by atoms with van der Waals surface area (Å²) in [6.45, 7) is 0. The molecule has 2 heteroatoms. The van der Waals surface area contributed by atoms with E-state index in [0.29, 0.717) is 0 Å². The van der Waals surface area contributed by atoms with Crippen LogP contribution in [0.15, 0.2) is 212 Å². The molecule has 0 amide bonds. The summed E-state index contributed by atoms with van der Waals surface area (Å²) < 4.78 is 2.65. The van der Waals surface area contributed by atoms with Crippen LogP contribution in [0.4, 0.5) is 17.1 Å². The highest BCUT2D eigenvalue weighted by Gasteiger charge is 2.17. The summed E-state index contributed by atoms with van der Waals surface area (Å²) in [6.07, 6.45) is 0. The SMILES string of the molecule is c1ccc(-c2ccc(-c3ccc(N(c4ccc(-c5ccc6sc7ccccc7c6c5)cc4)c4ccc5c6ccccc6c6ccccc6c5c4)cc3)cc2)cc1. The molecule has 0 saturated heterocycles. The zero-order valence-electron chi connectivity index (χ0n) is 30.6. The lowest BCUT2D eigenvalue weighted by molar-refractivity contribution is 1.29. The van der Waals surface area contributed by atoms with Gasteiger partial charge in [-0.3, -0.25) is 0 Å². The third-order valence-electron chi connectivity index (χ3n) is 11.3. The van der Waals surface area contributed by atoms with E-state index in [1.54, 1.807) is 0 Å². The van der Waals surface area contributed by atoms with Crippen molar-refractivity contribution in [1.82, 2.24) is 0 Å². The first-order valence-electron chi connectivity index (χ1n) is 19.2. The van der Waals surface area contributed by atoms with E-state index in [-0.39, 0.29) is 0 Å². The second-order valence-electron chi connectivity index (χ2n) is 14.5. The number of thiophene rings is 1. The van der Waals surface area contributed by atoms with Gasteiger partial charge in [0.15, 0.2) is 0 Å². The van der Waals surface area contributed by atoms with Crippen LogP contribution in [0.25, 0.3) is 85.9 Å². The molecule has 0 atom stereocenters. The van der Waals surface area contributed by atoms with Gasteiger partial charge >= 0.3 is 0 Å². The van der Waals surface area contributed by atoms with Crippen molar-refractivity contribution in [3.8, 4) is 33.4 Å². The molecule has 0 radical (unpaired) electrons. The first-order valence-corrected chi connectivity index (χ1v) is 20.0. The van der Waals surface area contributed by atoms with E-state index in [0.717, 1.165) is 17.1 Å². The molecule has 0 saturated carbocycles. The molecular formula is C54H35NS. The van der Waals surface area contributed by atoms with Crippen LogP contribution in [-0.4, -0.2) is 0 Å². The van der Waals surface area contributed by atoms with Crippen LogP contribution in [0.1, 0.15) is 0 Å². The lowest BCUT2D eigenvalue weighted by Gasteiger charge is -2.26. The van der Waals surface area contributed by atoms with E-state index in [2.05, 4.69) is 217 Å². The number of benzene rings is 10. The lowest BCUT2D eigenvalue weighted by Crippen LogP contribution is -2.10. The van der Waals surface area contributed by atoms with Gasteiger partial charge in [0.1, 0.15) is 0 Å². The lowest BCUT2D eigenvalue weighted by atomic mass is 9.94. The normalized spacial score (nSPS) is 11.6. The highest BCUT2D eigenvalue weighted by Crippen LogP contribution is 2.42. The number of rotatable bonds is 6. The molecule has 56 heavy (non-hydrogen) atoms. The maximum absolute atomic E-state index is 2.39. The summed E-state index contributed by atoms with van der Waals surface area (Å²) >= 11 is 1.86. The molecule has 11 aromatic rings. The molecule has 0 fully saturated rings. The van der Waals surface area contributed by atoms with E-state index in [4.69, 9.17) is 0 Å². The topological polar surface area (TPSA) is 3.24 Å². The Hall–Kier alpha value is -7.00. The Bertz CT molecular complexity index is 3180. The summed E-state index contributed by atoms with van der Waals surface area (Å²) in [4.78, 5) is 2.39. The smallest absolute Gasteiger partial charge is 0.0468 e. The van der Waals surface area contributed by atoms with Crippen molar-refractivity contribution in [2.45, 2.75) is 0 Å². The molecule has 0 N–H and O–H groups in total. The van der Waals surface area contributed by atoms with Gasteiger partial charge < -0.3 is 4.90 Å². The van der Waals surface area contributed by atoms with Crippen LogP contribution in [0.3, 0.4) is 0 Å². The second-order valence-corrected chi connectivity index (χ2v) is 15.6. The number of nitrogens with zero attached hydrogens (tertiary/aromatic N) is 1. The van der Waals surface area contributed by atoms with Crippen LogP contribution >= 0.6 is 11.3 Å². The van der Waals surface area contributed by atoms with Gasteiger partial charge in [0, 0.05) is 37.2 Å². The molecular weight excluding hydrogens is 695 g/mol. The van der Waals surface area contributed by atoms with Crippen LogP contribution in [0, 0.1) is 0 Å². The van der Waals surface area contributed by atoms with Gasteiger partial charge in [-0.05, 0) is 120 Å². The van der Waals surface area contributed by atoms with Crippen molar-refractivity contribution in [1.29, 1.82) is 0 Å². The quantitative estimate of drug-likeness (QED) is 0.154. The van der Waals surface area contributed by atoms with Crippen LogP contribution in [-0.2, 0) is 0 Å². The van der Waals surface area contributed by atoms with E-state index >= 15 is 0 Å². The first kappa shape index (κ1) is 32.4. The van der Waals surface area contributed by atoms with Gasteiger partial charge in [-0.2, -0.15) is 0 Å². The molecule has 11 rings (SSSR count). The van der Waals surface area contributed by atoms with Crippen molar-refractivity contribution >= 4 is 80.9 Å². The molecule has 1 heterocycles. The average molecular weight is 730 g/mol. The van der Waals surface area contributed by atoms with Crippen LogP contribution in [0.5, 0.6) is 0 Å².